The highest BCUT2D eigenvalue weighted by atomic mass is 14.8. The Hall–Kier alpha value is -1.76. The van der Waals surface area contributed by atoms with Gasteiger partial charge in [0.2, 0.25) is 0 Å². The third-order valence-corrected chi connectivity index (χ3v) is 2.88. The number of nitrogens with one attached hydrogen (secondary N) is 1. The van der Waals surface area contributed by atoms with Crippen LogP contribution >= 0.6 is 0 Å². The summed E-state index contributed by atoms with van der Waals surface area (Å²) in [5.74, 6) is 0. The van der Waals surface area contributed by atoms with Crippen molar-refractivity contribution in [3.8, 4) is 11.1 Å². The van der Waals surface area contributed by atoms with Gasteiger partial charge in [0.15, 0.2) is 0 Å². The summed E-state index contributed by atoms with van der Waals surface area (Å²) in [5, 5.41) is 3.25. The van der Waals surface area contributed by atoms with Crippen LogP contribution in [0.4, 0.5) is 5.69 Å². The largest absolute Gasteiger partial charge is 0.388 e. The zero-order valence-corrected chi connectivity index (χ0v) is 11.8. The van der Waals surface area contributed by atoms with Crippen molar-refractivity contribution in [3.63, 3.8) is 0 Å². The topological polar surface area (TPSA) is 12.0 Å². The minimum Gasteiger partial charge on any atom is -0.388 e. The molecule has 0 saturated carbocycles. The van der Waals surface area contributed by atoms with Crippen molar-refractivity contribution in [2.24, 2.45) is 0 Å². The molecule has 0 atom stereocenters. The summed E-state index contributed by atoms with van der Waals surface area (Å²) in [7, 11) is 1.97. The number of benzene rings is 2. The summed E-state index contributed by atoms with van der Waals surface area (Å²) in [5.41, 5.74) is 5.19. The average molecular weight is 241 g/mol. The highest BCUT2D eigenvalue weighted by Gasteiger charge is 2.06. The molecule has 0 fully saturated rings. The molecule has 0 aliphatic carbocycles. The van der Waals surface area contributed by atoms with Crippen LogP contribution in [0.3, 0.4) is 0 Å². The molecular weight excluding hydrogens is 218 g/mol. The molecule has 0 unspecified atom stereocenters. The van der Waals surface area contributed by atoms with Crippen LogP contribution < -0.4 is 5.32 Å². The van der Waals surface area contributed by atoms with E-state index in [0.29, 0.717) is 0 Å². The van der Waals surface area contributed by atoms with Crippen molar-refractivity contribution >= 4 is 5.69 Å². The Morgan fingerprint density at radius 2 is 1.39 bits per heavy atom. The van der Waals surface area contributed by atoms with E-state index < -0.39 is 0 Å². The Labute approximate surface area is 111 Å². The Morgan fingerprint density at radius 3 is 2.00 bits per heavy atom. The second kappa shape index (κ2) is 7.54. The summed E-state index contributed by atoms with van der Waals surface area (Å²) in [6.07, 6.45) is 1.06. The molecule has 0 aromatic heterocycles. The summed E-state index contributed by atoms with van der Waals surface area (Å²) < 4.78 is 0. The Morgan fingerprint density at radius 1 is 0.833 bits per heavy atom. The van der Waals surface area contributed by atoms with Gasteiger partial charge in [-0.25, -0.2) is 0 Å². The summed E-state index contributed by atoms with van der Waals surface area (Å²) >= 11 is 0. The number of para-hydroxylation sites is 1. The van der Waals surface area contributed by atoms with Crippen LogP contribution in [0.1, 0.15) is 26.3 Å². The second-order valence-electron chi connectivity index (χ2n) is 3.81. The van der Waals surface area contributed by atoms with E-state index in [2.05, 4.69) is 60.8 Å². The first kappa shape index (κ1) is 14.3. The van der Waals surface area contributed by atoms with Gasteiger partial charge in [-0.3, -0.25) is 0 Å². The fourth-order valence-corrected chi connectivity index (χ4v) is 2.03. The van der Waals surface area contributed by atoms with Crippen LogP contribution in [0.25, 0.3) is 11.1 Å². The van der Waals surface area contributed by atoms with Crippen LogP contribution in [0.2, 0.25) is 0 Å². The minimum absolute atomic E-state index is 1.06. The van der Waals surface area contributed by atoms with E-state index in [1.165, 1.54) is 22.4 Å². The van der Waals surface area contributed by atoms with E-state index in [1.54, 1.807) is 0 Å². The molecule has 96 valence electrons. The van der Waals surface area contributed by atoms with E-state index >= 15 is 0 Å². The van der Waals surface area contributed by atoms with Gasteiger partial charge < -0.3 is 5.32 Å². The highest BCUT2D eigenvalue weighted by molar-refractivity contribution is 5.79. The lowest BCUT2D eigenvalue weighted by molar-refractivity contribution is 1.14. The van der Waals surface area contributed by atoms with Crippen LogP contribution in [0.5, 0.6) is 0 Å². The molecule has 2 aromatic carbocycles. The predicted octanol–water partition coefficient (Wildman–Crippen LogP) is 4.98. The molecule has 2 aromatic rings. The average Bonchev–Trinajstić information content (AvgIpc) is 2.49. The number of hydrogen-bond donors (Lipinski definition) is 1. The molecule has 0 saturated heterocycles. The molecule has 0 bridgehead atoms. The lowest BCUT2D eigenvalue weighted by Crippen LogP contribution is -1.93. The molecule has 0 heterocycles. The molecule has 2 rings (SSSR count). The monoisotopic (exact) mass is 241 g/mol. The fraction of sp³-hybridized carbons (Fsp3) is 0.294. The zero-order chi connectivity index (χ0) is 13.4. The van der Waals surface area contributed by atoms with Gasteiger partial charge in [-0.1, -0.05) is 63.2 Å². The van der Waals surface area contributed by atoms with E-state index in [9.17, 15) is 0 Å². The normalized spacial score (nSPS) is 9.33. The maximum Gasteiger partial charge on any atom is 0.0417 e. The summed E-state index contributed by atoms with van der Waals surface area (Å²) in [6.45, 7) is 6.20. The molecule has 0 spiro atoms. The first-order chi connectivity index (χ1) is 8.86. The van der Waals surface area contributed by atoms with Crippen molar-refractivity contribution in [1.29, 1.82) is 0 Å². The van der Waals surface area contributed by atoms with Gasteiger partial charge in [0.1, 0.15) is 0 Å². The Bertz CT molecular complexity index is 429. The first-order valence-corrected chi connectivity index (χ1v) is 6.72. The summed E-state index contributed by atoms with van der Waals surface area (Å²) in [4.78, 5) is 0. The molecule has 1 N–H and O–H groups in total. The van der Waals surface area contributed by atoms with Gasteiger partial charge in [-0.05, 0) is 23.6 Å². The van der Waals surface area contributed by atoms with Crippen molar-refractivity contribution in [3.05, 3.63) is 54.1 Å². The molecule has 18 heavy (non-hydrogen) atoms. The lowest BCUT2D eigenvalue weighted by atomic mass is 9.97. The van der Waals surface area contributed by atoms with Gasteiger partial charge in [-0.15, -0.1) is 0 Å². The third-order valence-electron chi connectivity index (χ3n) is 2.88. The predicted molar refractivity (Wildman–Crippen MR) is 82.2 cm³/mol. The zero-order valence-electron chi connectivity index (χ0n) is 11.8. The smallest absolute Gasteiger partial charge is 0.0417 e. The van der Waals surface area contributed by atoms with Crippen molar-refractivity contribution in [2.45, 2.75) is 27.2 Å². The standard InChI is InChI=1S/C15H17N.C2H6/c1-3-12-8-4-5-9-13(12)14-10-6-7-11-15(14)16-2;1-2/h4-11,16H,3H2,1-2H3;1-2H3. The van der Waals surface area contributed by atoms with Crippen LogP contribution in [-0.4, -0.2) is 7.05 Å². The second-order valence-corrected chi connectivity index (χ2v) is 3.81. The molecular formula is C17H23N. The van der Waals surface area contributed by atoms with Gasteiger partial charge >= 0.3 is 0 Å². The maximum atomic E-state index is 3.25. The van der Waals surface area contributed by atoms with Crippen molar-refractivity contribution in [2.75, 3.05) is 12.4 Å². The van der Waals surface area contributed by atoms with Gasteiger partial charge in [0, 0.05) is 18.3 Å². The Balaban J connectivity index is 0.000000771. The Kier molecular flexibility index (Phi) is 5.99. The van der Waals surface area contributed by atoms with Crippen molar-refractivity contribution in [1.82, 2.24) is 0 Å². The highest BCUT2D eigenvalue weighted by Crippen LogP contribution is 2.30. The third kappa shape index (κ3) is 3.13. The van der Waals surface area contributed by atoms with Crippen LogP contribution in [0, 0.1) is 0 Å². The van der Waals surface area contributed by atoms with Crippen LogP contribution in [-0.2, 0) is 6.42 Å². The number of anilines is 1. The quantitative estimate of drug-likeness (QED) is 0.798. The lowest BCUT2D eigenvalue weighted by Gasteiger charge is -2.12. The van der Waals surface area contributed by atoms with E-state index in [4.69, 9.17) is 0 Å². The van der Waals surface area contributed by atoms with Gasteiger partial charge in [0.05, 0.1) is 0 Å². The maximum absolute atomic E-state index is 3.25. The first-order valence-electron chi connectivity index (χ1n) is 6.72. The van der Waals surface area contributed by atoms with E-state index in [1.807, 2.05) is 20.9 Å². The fourth-order valence-electron chi connectivity index (χ4n) is 2.03. The van der Waals surface area contributed by atoms with E-state index in [0.717, 1.165) is 6.42 Å². The molecule has 0 aliphatic rings. The minimum atomic E-state index is 1.06. The number of hydrogen-bond acceptors (Lipinski definition) is 1. The van der Waals surface area contributed by atoms with Gasteiger partial charge in [0.25, 0.3) is 0 Å². The molecule has 1 nitrogen and oxygen atoms in total. The molecule has 1 heteroatoms. The number of rotatable bonds is 3. The number of aryl methyl sites for hydroxylation is 1. The molecule has 0 aliphatic heterocycles. The van der Waals surface area contributed by atoms with Crippen LogP contribution in [0.15, 0.2) is 48.5 Å². The summed E-state index contributed by atoms with van der Waals surface area (Å²) in [6, 6.07) is 17.0. The SMILES string of the molecule is CC.CCc1ccccc1-c1ccccc1NC. The van der Waals surface area contributed by atoms with Gasteiger partial charge in [-0.2, -0.15) is 0 Å². The van der Waals surface area contributed by atoms with E-state index in [-0.39, 0.29) is 0 Å². The molecule has 0 radical (unpaired) electrons. The van der Waals surface area contributed by atoms with Crippen molar-refractivity contribution < 1.29 is 0 Å². The molecule has 0 amide bonds.